The van der Waals surface area contributed by atoms with Crippen LogP contribution in [0.25, 0.3) is 0 Å². The molecule has 4 aliphatic heterocycles. The van der Waals surface area contributed by atoms with Crippen LogP contribution in [0.4, 0.5) is 0 Å². The van der Waals surface area contributed by atoms with E-state index in [9.17, 15) is 30.0 Å². The number of carboxylic acid groups (broad SMARTS) is 2. The van der Waals surface area contributed by atoms with E-state index >= 15 is 0 Å². The van der Waals surface area contributed by atoms with Gasteiger partial charge in [-0.25, -0.2) is 0 Å². The maximum atomic E-state index is 11.3. The average molecular weight is 679 g/mol. The summed E-state index contributed by atoms with van der Waals surface area (Å²) in [7, 11) is 0. The average Bonchev–Trinajstić information content (AvgIpc) is 3.42. The zero-order chi connectivity index (χ0) is 21.1. The Morgan fingerprint density at radius 1 is 0.806 bits per heavy atom. The van der Waals surface area contributed by atoms with Gasteiger partial charge in [0.1, 0.15) is 0 Å². The molecule has 31 heavy (non-hydrogen) atoms. The molecule has 0 aromatic carbocycles. The third-order valence-electron chi connectivity index (χ3n) is 4.53. The van der Waals surface area contributed by atoms with E-state index in [0.29, 0.717) is 0 Å². The second-order valence-corrected chi connectivity index (χ2v) is 18.8. The van der Waals surface area contributed by atoms with Gasteiger partial charge in [-0.2, -0.15) is 0 Å². The molecule has 10 atom stereocenters. The van der Waals surface area contributed by atoms with Crippen molar-refractivity contribution in [2.24, 2.45) is 0 Å². The standard InChI is InChI=1S/2C6H9O7.2H2O.O.2Sb/c2*7-1-2(8)3(9)4(10)5(11)6(12)13;;;;;/h2*2-5,7-8H,1H2,(H,12,13);2*1H2;;;/q2*-3;;;;2*+3/p-3. The van der Waals surface area contributed by atoms with Crippen LogP contribution >= 0.6 is 0 Å². The molecule has 19 heteroatoms. The summed E-state index contributed by atoms with van der Waals surface area (Å²) in [4.78, 5) is 22.7. The first kappa shape index (κ1) is 27.3. The molecule has 4 fully saturated rings. The molecule has 0 spiro atoms. The molecule has 4 bridgehead atoms. The van der Waals surface area contributed by atoms with E-state index in [1.807, 2.05) is 0 Å². The Bertz CT molecular complexity index is 640. The molecule has 4 heterocycles. The molecule has 0 saturated carbocycles. The molecule has 7 N–H and O–H groups in total. The molecular weight excluding hydrogens is 660 g/mol. The van der Waals surface area contributed by atoms with E-state index < -0.39 is 115 Å². The smallest absolute Gasteiger partial charge is 0.870 e. The summed E-state index contributed by atoms with van der Waals surface area (Å²) in [5, 5.41) is 60.7. The molecule has 4 aliphatic rings. The van der Waals surface area contributed by atoms with E-state index in [4.69, 9.17) is 29.6 Å². The fourth-order valence-electron chi connectivity index (χ4n) is 3.22. The molecule has 2 radical (unpaired) electrons. The number of carbonyl (C=O) groups excluding carboxylic acids is 2. The normalized spacial score (nSPS) is 44.4. The van der Waals surface area contributed by atoms with Crippen molar-refractivity contribution in [1.29, 1.82) is 0 Å². The van der Waals surface area contributed by atoms with Crippen molar-refractivity contribution in [3.05, 3.63) is 0 Å². The van der Waals surface area contributed by atoms with E-state index in [0.717, 1.165) is 0 Å². The fraction of sp³-hybridized carbons (Fsp3) is 0.833. The summed E-state index contributed by atoms with van der Waals surface area (Å²) < 4.78 is 38.1. The molecule has 0 amide bonds. The SMILES string of the molecule is O.O=C([O-])C1[O][Sb]2([O][Sb]34[O]C(C(=O)[O-])C([O]3)C(C(O)CO)[O]4)[O]C(C(O)CO)C1[O]2.[OH-]. The number of carboxylic acids is 2. The molecule has 17 nitrogen and oxygen atoms in total. The predicted molar refractivity (Wildman–Crippen MR) is 83.6 cm³/mol. The first-order valence-corrected chi connectivity index (χ1v) is 16.6. The van der Waals surface area contributed by atoms with Crippen LogP contribution in [-0.4, -0.2) is 146 Å². The van der Waals surface area contributed by atoms with Gasteiger partial charge in [0, 0.05) is 0 Å². The minimum absolute atomic E-state index is 0. The van der Waals surface area contributed by atoms with Crippen LogP contribution in [0.3, 0.4) is 0 Å². The number of hydrogen-bond donors (Lipinski definition) is 4. The third kappa shape index (κ3) is 4.56. The Morgan fingerprint density at radius 2 is 1.16 bits per heavy atom. The topological polar surface area (TPSA) is 287 Å². The minimum atomic E-state index is -5.19. The van der Waals surface area contributed by atoms with Crippen LogP contribution in [0.1, 0.15) is 0 Å². The van der Waals surface area contributed by atoms with Crippen molar-refractivity contribution in [2.45, 2.75) is 48.8 Å². The monoisotopic (exact) mass is 677 g/mol. The van der Waals surface area contributed by atoms with E-state index in [1.165, 1.54) is 0 Å². The Hall–Kier alpha value is 0.0564. The van der Waals surface area contributed by atoms with Gasteiger partial charge in [-0.05, 0) is 0 Å². The second kappa shape index (κ2) is 9.73. The maximum absolute atomic E-state index is 11.3. The molecule has 0 aliphatic carbocycles. The van der Waals surface area contributed by atoms with Gasteiger partial charge in [-0.3, -0.25) is 0 Å². The van der Waals surface area contributed by atoms with Crippen molar-refractivity contribution in [3.63, 3.8) is 0 Å². The van der Waals surface area contributed by atoms with Gasteiger partial charge in [0.15, 0.2) is 0 Å². The minimum Gasteiger partial charge on any atom is -0.870 e. The Morgan fingerprint density at radius 3 is 1.45 bits per heavy atom. The fourth-order valence-corrected chi connectivity index (χ4v) is 23.5. The quantitative estimate of drug-likeness (QED) is 0.173. The molecule has 0 aromatic heterocycles. The number of aliphatic hydroxyl groups is 4. The zero-order valence-corrected chi connectivity index (χ0v) is 20.3. The van der Waals surface area contributed by atoms with Gasteiger partial charge < -0.3 is 11.0 Å². The van der Waals surface area contributed by atoms with Gasteiger partial charge in [0.05, 0.1) is 0 Å². The van der Waals surface area contributed by atoms with Gasteiger partial charge in [-0.1, -0.05) is 0 Å². The summed E-state index contributed by atoms with van der Waals surface area (Å²) in [5.41, 5.74) is 0. The summed E-state index contributed by atoms with van der Waals surface area (Å²) >= 11 is -10.4. The van der Waals surface area contributed by atoms with Crippen molar-refractivity contribution >= 4 is 52.9 Å². The van der Waals surface area contributed by atoms with Gasteiger partial charge >= 0.3 is 175 Å². The first-order chi connectivity index (χ1) is 13.6. The van der Waals surface area contributed by atoms with Crippen LogP contribution in [0, 0.1) is 0 Å². The predicted octanol–water partition coefficient (Wildman–Crippen LogP) is -8.56. The van der Waals surface area contributed by atoms with Crippen molar-refractivity contribution in [1.82, 2.24) is 0 Å². The van der Waals surface area contributed by atoms with Gasteiger partial charge in [-0.15, -0.1) is 0 Å². The van der Waals surface area contributed by atoms with Crippen LogP contribution in [-0.2, 0) is 29.0 Å². The number of aliphatic hydroxyl groups excluding tert-OH is 4. The third-order valence-corrected chi connectivity index (χ3v) is 21.8. The number of rotatable bonds is 8. The molecular formula is C12H19O17Sb2-3. The number of hydrogen-bond acceptors (Lipinski definition) is 16. The summed E-state index contributed by atoms with van der Waals surface area (Å²) in [5.74, 6) is -3.36. The Balaban J connectivity index is 0.00000171. The maximum Gasteiger partial charge on any atom is -0.870 e. The van der Waals surface area contributed by atoms with E-state index in [2.05, 4.69) is 0 Å². The molecule has 4 saturated heterocycles. The Kier molecular flexibility index (Phi) is 8.57. The van der Waals surface area contributed by atoms with E-state index in [1.54, 1.807) is 0 Å². The largest absolute Gasteiger partial charge is 0.870 e. The van der Waals surface area contributed by atoms with Crippen molar-refractivity contribution < 1.29 is 70.6 Å². The first-order valence-electron chi connectivity index (χ1n) is 8.23. The molecule has 4 rings (SSSR count). The van der Waals surface area contributed by atoms with Crippen LogP contribution < -0.4 is 10.2 Å². The number of fused-ring (bicyclic) bond motifs is 4. The van der Waals surface area contributed by atoms with Crippen molar-refractivity contribution in [3.8, 4) is 0 Å². The summed E-state index contributed by atoms with van der Waals surface area (Å²) in [6, 6.07) is 0. The number of carbonyl (C=O) groups is 2. The molecule has 182 valence electrons. The Labute approximate surface area is 185 Å². The number of aliphatic carboxylic acids is 2. The van der Waals surface area contributed by atoms with Crippen LogP contribution in [0.2, 0.25) is 0 Å². The molecule has 0 aromatic rings. The van der Waals surface area contributed by atoms with Crippen LogP contribution in [0.15, 0.2) is 0 Å². The summed E-state index contributed by atoms with van der Waals surface area (Å²) in [6.07, 6.45) is -11.8. The van der Waals surface area contributed by atoms with Gasteiger partial charge in [0.2, 0.25) is 0 Å². The summed E-state index contributed by atoms with van der Waals surface area (Å²) in [6.45, 7) is -1.55. The zero-order valence-electron chi connectivity index (χ0n) is 15.2. The van der Waals surface area contributed by atoms with E-state index in [-0.39, 0.29) is 11.0 Å². The van der Waals surface area contributed by atoms with Gasteiger partial charge in [0.25, 0.3) is 0 Å². The molecule has 10 unspecified atom stereocenters. The van der Waals surface area contributed by atoms with Crippen LogP contribution in [0.5, 0.6) is 0 Å². The van der Waals surface area contributed by atoms with Crippen molar-refractivity contribution in [2.75, 3.05) is 13.2 Å². The second-order valence-electron chi connectivity index (χ2n) is 6.45.